The highest BCUT2D eigenvalue weighted by molar-refractivity contribution is 5.95. The van der Waals surface area contributed by atoms with Gasteiger partial charge in [-0.25, -0.2) is 0 Å². The van der Waals surface area contributed by atoms with E-state index in [9.17, 15) is 15.0 Å². The Kier molecular flexibility index (Phi) is 4.83. The van der Waals surface area contributed by atoms with E-state index in [0.29, 0.717) is 24.1 Å². The van der Waals surface area contributed by atoms with Crippen molar-refractivity contribution in [3.8, 4) is 5.75 Å². The summed E-state index contributed by atoms with van der Waals surface area (Å²) < 4.78 is 5.26. The molecule has 0 radical (unpaired) electrons. The Morgan fingerprint density at radius 1 is 1.25 bits per heavy atom. The molecule has 2 N–H and O–H groups in total. The molecule has 1 aliphatic rings. The van der Waals surface area contributed by atoms with E-state index in [-0.39, 0.29) is 18.6 Å². The second-order valence-corrected chi connectivity index (χ2v) is 6.00. The minimum atomic E-state index is -0.550. The Hall–Kier alpha value is -2.37. The molecule has 2 atom stereocenters. The molecule has 0 aromatic heterocycles. The fourth-order valence-corrected chi connectivity index (χ4v) is 3.17. The molecular weight excluding hydrogens is 306 g/mol. The number of hydrogen-bond donors (Lipinski definition) is 2. The predicted molar refractivity (Wildman–Crippen MR) is 89.8 cm³/mol. The van der Waals surface area contributed by atoms with Gasteiger partial charge in [0.1, 0.15) is 5.75 Å². The molecule has 3 rings (SSSR count). The maximum atomic E-state index is 12.9. The van der Waals surface area contributed by atoms with Gasteiger partial charge < -0.3 is 19.8 Å². The summed E-state index contributed by atoms with van der Waals surface area (Å²) in [5.74, 6) is 0.582. The van der Waals surface area contributed by atoms with Crippen molar-refractivity contribution in [2.75, 3.05) is 13.7 Å². The first-order valence-electron chi connectivity index (χ1n) is 7.95. The Balaban J connectivity index is 1.90. The second-order valence-electron chi connectivity index (χ2n) is 6.00. The van der Waals surface area contributed by atoms with Crippen molar-refractivity contribution in [1.29, 1.82) is 0 Å². The van der Waals surface area contributed by atoms with E-state index in [0.717, 1.165) is 11.3 Å². The van der Waals surface area contributed by atoms with Crippen molar-refractivity contribution < 1.29 is 19.7 Å². The maximum Gasteiger partial charge on any atom is 0.254 e. The zero-order valence-corrected chi connectivity index (χ0v) is 13.6. The predicted octanol–water partition coefficient (Wildman–Crippen LogP) is 2.14. The topological polar surface area (TPSA) is 70.0 Å². The number of hydrogen-bond acceptors (Lipinski definition) is 4. The van der Waals surface area contributed by atoms with Gasteiger partial charge in [-0.1, -0.05) is 24.3 Å². The Morgan fingerprint density at radius 3 is 2.79 bits per heavy atom. The highest BCUT2D eigenvalue weighted by Crippen LogP contribution is 2.34. The van der Waals surface area contributed by atoms with Gasteiger partial charge in [0.2, 0.25) is 0 Å². The van der Waals surface area contributed by atoms with Crippen LogP contribution in [-0.2, 0) is 6.61 Å². The van der Waals surface area contributed by atoms with Crippen molar-refractivity contribution >= 4 is 5.91 Å². The molecule has 1 saturated heterocycles. The maximum absolute atomic E-state index is 12.9. The third-order valence-corrected chi connectivity index (χ3v) is 4.37. The minimum Gasteiger partial charge on any atom is -0.497 e. The first-order valence-corrected chi connectivity index (χ1v) is 7.95. The summed E-state index contributed by atoms with van der Waals surface area (Å²) in [6.45, 7) is 0.188. The quantitative estimate of drug-likeness (QED) is 0.903. The van der Waals surface area contributed by atoms with Gasteiger partial charge in [-0.15, -0.1) is 0 Å². The lowest BCUT2D eigenvalue weighted by atomic mass is 10.0. The first kappa shape index (κ1) is 16.5. The van der Waals surface area contributed by atoms with Crippen LogP contribution in [0.1, 0.15) is 33.9 Å². The Bertz CT molecular complexity index is 731. The molecule has 0 spiro atoms. The van der Waals surface area contributed by atoms with Crippen LogP contribution in [0.4, 0.5) is 0 Å². The molecule has 24 heavy (non-hydrogen) atoms. The zero-order valence-electron chi connectivity index (χ0n) is 13.6. The molecule has 0 unspecified atom stereocenters. The van der Waals surface area contributed by atoms with Gasteiger partial charge in [0.25, 0.3) is 5.91 Å². The first-order chi connectivity index (χ1) is 11.6. The number of benzene rings is 2. The second kappa shape index (κ2) is 7.03. The number of carbonyl (C=O) groups excluding carboxylic acids is 1. The van der Waals surface area contributed by atoms with Crippen LogP contribution in [0, 0.1) is 0 Å². The molecule has 0 aliphatic carbocycles. The summed E-state index contributed by atoms with van der Waals surface area (Å²) in [5, 5.41) is 19.3. The van der Waals surface area contributed by atoms with Gasteiger partial charge in [0.15, 0.2) is 0 Å². The van der Waals surface area contributed by atoms with E-state index in [1.54, 1.807) is 36.3 Å². The number of β-amino-alcohol motifs (C(OH)–C–C–N with tert-alkyl or cyclic N) is 1. The number of rotatable bonds is 4. The lowest BCUT2D eigenvalue weighted by Gasteiger charge is -2.25. The van der Waals surface area contributed by atoms with Crippen LogP contribution in [0.5, 0.6) is 5.75 Å². The molecule has 1 aliphatic heterocycles. The average Bonchev–Trinajstić information content (AvgIpc) is 3.03. The molecule has 1 fully saturated rings. The van der Waals surface area contributed by atoms with Crippen LogP contribution in [0.25, 0.3) is 0 Å². The lowest BCUT2D eigenvalue weighted by Crippen LogP contribution is -2.31. The van der Waals surface area contributed by atoms with Crippen LogP contribution in [0.2, 0.25) is 0 Å². The number of nitrogens with zero attached hydrogens (tertiary/aromatic N) is 1. The van der Waals surface area contributed by atoms with E-state index in [1.165, 1.54) is 0 Å². The third kappa shape index (κ3) is 3.27. The molecule has 5 nitrogen and oxygen atoms in total. The number of likely N-dealkylation sites (tertiary alicyclic amines) is 1. The van der Waals surface area contributed by atoms with Gasteiger partial charge in [0.05, 0.1) is 25.9 Å². The van der Waals surface area contributed by atoms with E-state index in [1.807, 2.05) is 24.3 Å². The SMILES string of the molecule is COc1cccc([C@@H]2C[C@@H](O)CN2C(=O)c2cccc(CO)c2)c1. The number of methoxy groups -OCH3 is 1. The molecule has 0 saturated carbocycles. The van der Waals surface area contributed by atoms with Gasteiger partial charge >= 0.3 is 0 Å². The third-order valence-electron chi connectivity index (χ3n) is 4.37. The zero-order chi connectivity index (χ0) is 17.1. The van der Waals surface area contributed by atoms with E-state index >= 15 is 0 Å². The monoisotopic (exact) mass is 327 g/mol. The van der Waals surface area contributed by atoms with Crippen molar-refractivity contribution in [3.05, 3.63) is 65.2 Å². The van der Waals surface area contributed by atoms with Crippen molar-refractivity contribution in [2.45, 2.75) is 25.2 Å². The number of ether oxygens (including phenoxy) is 1. The summed E-state index contributed by atoms with van der Waals surface area (Å²) in [4.78, 5) is 14.6. The molecule has 5 heteroatoms. The minimum absolute atomic E-state index is 0.108. The van der Waals surface area contributed by atoms with Crippen molar-refractivity contribution in [1.82, 2.24) is 4.90 Å². The molecule has 1 amide bonds. The van der Waals surface area contributed by atoms with E-state index in [4.69, 9.17) is 4.74 Å². The molecule has 2 aromatic carbocycles. The fourth-order valence-electron chi connectivity index (χ4n) is 3.17. The molecular formula is C19H21NO4. The molecule has 1 heterocycles. The van der Waals surface area contributed by atoms with Gasteiger partial charge in [-0.05, 0) is 41.8 Å². The number of aliphatic hydroxyl groups is 2. The van der Waals surface area contributed by atoms with Gasteiger partial charge in [0, 0.05) is 12.1 Å². The van der Waals surface area contributed by atoms with E-state index < -0.39 is 6.10 Å². The van der Waals surface area contributed by atoms with Crippen LogP contribution >= 0.6 is 0 Å². The van der Waals surface area contributed by atoms with Crippen molar-refractivity contribution in [2.24, 2.45) is 0 Å². The van der Waals surface area contributed by atoms with Crippen LogP contribution in [0.15, 0.2) is 48.5 Å². The van der Waals surface area contributed by atoms with Crippen LogP contribution < -0.4 is 4.74 Å². The molecule has 2 aromatic rings. The summed E-state index contributed by atoms with van der Waals surface area (Å²) in [6.07, 6.45) is -0.0512. The molecule has 0 bridgehead atoms. The standard InChI is InChI=1S/C19H21NO4/c1-24-17-7-3-5-14(9-17)18-10-16(22)11-20(18)19(23)15-6-2-4-13(8-15)12-21/h2-9,16,18,21-22H,10-12H2,1H3/t16-,18+/m1/s1. The summed E-state index contributed by atoms with van der Waals surface area (Å²) in [6, 6.07) is 14.3. The number of amides is 1. The van der Waals surface area contributed by atoms with Crippen LogP contribution in [0.3, 0.4) is 0 Å². The summed E-state index contributed by atoms with van der Waals surface area (Å²) in [5.41, 5.74) is 2.15. The van der Waals surface area contributed by atoms with Gasteiger partial charge in [-0.2, -0.15) is 0 Å². The Labute approximate surface area is 141 Å². The van der Waals surface area contributed by atoms with Gasteiger partial charge in [-0.3, -0.25) is 4.79 Å². The fraction of sp³-hybridized carbons (Fsp3) is 0.316. The summed E-state index contributed by atoms with van der Waals surface area (Å²) in [7, 11) is 1.60. The summed E-state index contributed by atoms with van der Waals surface area (Å²) >= 11 is 0. The highest BCUT2D eigenvalue weighted by atomic mass is 16.5. The van der Waals surface area contributed by atoms with Crippen molar-refractivity contribution in [3.63, 3.8) is 0 Å². The molecule has 126 valence electrons. The Morgan fingerprint density at radius 2 is 2.04 bits per heavy atom. The highest BCUT2D eigenvalue weighted by Gasteiger charge is 2.35. The average molecular weight is 327 g/mol. The lowest BCUT2D eigenvalue weighted by molar-refractivity contribution is 0.0715. The largest absolute Gasteiger partial charge is 0.497 e. The normalized spacial score (nSPS) is 20.2. The van der Waals surface area contributed by atoms with E-state index in [2.05, 4.69) is 0 Å². The van der Waals surface area contributed by atoms with Crippen LogP contribution in [-0.4, -0.2) is 40.8 Å². The smallest absolute Gasteiger partial charge is 0.254 e. The number of carbonyl (C=O) groups is 1. The number of aliphatic hydroxyl groups excluding tert-OH is 2.